The Morgan fingerprint density at radius 2 is 1.90 bits per heavy atom. The van der Waals surface area contributed by atoms with Crippen molar-refractivity contribution in [3.05, 3.63) is 47.7 Å². The van der Waals surface area contributed by atoms with E-state index in [9.17, 15) is 14.0 Å². The molecule has 0 saturated carbocycles. The predicted octanol–water partition coefficient (Wildman–Crippen LogP) is 2.26. The molecule has 2 heterocycles. The number of nitrogens with two attached hydrogens (primary N) is 1. The largest absolute Gasteiger partial charge is 0.373 e. The van der Waals surface area contributed by atoms with E-state index in [1.807, 2.05) is 36.1 Å². The van der Waals surface area contributed by atoms with Crippen LogP contribution in [0.2, 0.25) is 0 Å². The second-order valence-corrected chi connectivity index (χ2v) is 11.0. The van der Waals surface area contributed by atoms with Crippen molar-refractivity contribution in [1.82, 2.24) is 25.8 Å². The Bertz CT molecular complexity index is 1010. The maximum Gasteiger partial charge on any atom is 0.253 e. The second kappa shape index (κ2) is 15.3. The van der Waals surface area contributed by atoms with Crippen LogP contribution in [-0.4, -0.2) is 98.6 Å². The molecule has 2 fully saturated rings. The first-order valence-electron chi connectivity index (χ1n) is 14.6. The van der Waals surface area contributed by atoms with Crippen molar-refractivity contribution in [2.75, 3.05) is 46.3 Å². The summed E-state index contributed by atoms with van der Waals surface area (Å²) in [5.74, 6) is -0.834. The van der Waals surface area contributed by atoms with E-state index < -0.39 is 24.3 Å². The van der Waals surface area contributed by atoms with Crippen molar-refractivity contribution < 1.29 is 14.0 Å². The van der Waals surface area contributed by atoms with Gasteiger partial charge in [0, 0.05) is 62.2 Å². The van der Waals surface area contributed by atoms with E-state index in [4.69, 9.17) is 5.73 Å². The molecule has 0 bridgehead atoms. The van der Waals surface area contributed by atoms with Crippen LogP contribution in [0.5, 0.6) is 0 Å². The monoisotopic (exact) mass is 557 g/mol. The van der Waals surface area contributed by atoms with Crippen molar-refractivity contribution in [2.45, 2.75) is 70.4 Å². The fourth-order valence-electron chi connectivity index (χ4n) is 5.29. The quantitative estimate of drug-likeness (QED) is 0.232. The molecule has 40 heavy (non-hydrogen) atoms. The molecule has 2 aliphatic rings. The van der Waals surface area contributed by atoms with E-state index in [1.165, 1.54) is 6.21 Å². The first kappa shape index (κ1) is 31.7. The van der Waals surface area contributed by atoms with Gasteiger partial charge in [0.05, 0.1) is 18.1 Å². The van der Waals surface area contributed by atoms with Crippen LogP contribution in [0.3, 0.4) is 0 Å². The zero-order valence-corrected chi connectivity index (χ0v) is 24.5. The number of allylic oxidation sites excluding steroid dienone is 1. The third kappa shape index (κ3) is 8.59. The summed E-state index contributed by atoms with van der Waals surface area (Å²) >= 11 is 0. The number of rotatable bonds is 12. The molecule has 0 aromatic heterocycles. The van der Waals surface area contributed by atoms with Gasteiger partial charge in [-0.05, 0) is 57.5 Å². The highest BCUT2D eigenvalue weighted by atomic mass is 19.1. The number of hydrogen-bond donors (Lipinski definition) is 4. The van der Waals surface area contributed by atoms with Gasteiger partial charge < -0.3 is 31.5 Å². The fourth-order valence-corrected chi connectivity index (χ4v) is 5.29. The number of alkyl halides is 1. The number of amides is 2. The van der Waals surface area contributed by atoms with Crippen LogP contribution < -0.4 is 21.7 Å². The number of halogens is 1. The number of hydrogen-bond acceptors (Lipinski definition) is 7. The summed E-state index contributed by atoms with van der Waals surface area (Å²) < 4.78 is 13.9. The lowest BCUT2D eigenvalue weighted by Crippen LogP contribution is -2.57. The van der Waals surface area contributed by atoms with Crippen molar-refractivity contribution in [3.8, 4) is 0 Å². The predicted molar refractivity (Wildman–Crippen MR) is 159 cm³/mol. The van der Waals surface area contributed by atoms with Gasteiger partial charge in [0.2, 0.25) is 5.91 Å². The van der Waals surface area contributed by atoms with Gasteiger partial charge in [-0.1, -0.05) is 32.6 Å². The van der Waals surface area contributed by atoms with E-state index in [2.05, 4.69) is 39.5 Å². The molecular formula is C30H48FN7O2. The molecule has 2 saturated heterocycles. The lowest BCUT2D eigenvalue weighted by molar-refractivity contribution is -0.127. The van der Waals surface area contributed by atoms with Crippen LogP contribution in [0.4, 0.5) is 4.39 Å². The van der Waals surface area contributed by atoms with E-state index in [1.54, 1.807) is 13.8 Å². The minimum atomic E-state index is -1.17. The number of likely N-dealkylation sites (N-methyl/N-ethyl adjacent to an activating group) is 1. The highest BCUT2D eigenvalue weighted by Crippen LogP contribution is 2.27. The molecule has 6 unspecified atom stereocenters. The number of carbonyl (C=O) groups is 2. The minimum Gasteiger partial charge on any atom is -0.373 e. The highest BCUT2D eigenvalue weighted by molar-refractivity contribution is 5.94. The average molecular weight is 558 g/mol. The topological polar surface area (TPSA) is 115 Å². The third-order valence-electron chi connectivity index (χ3n) is 8.07. The SMILES string of the molecule is C=C(CC)NC(N)C(C(=O)NC1CNCCC1c1ccc(C(=O)N2CCN(C)CC2)cc1)C(C)/N=C\C(F)CC. The van der Waals surface area contributed by atoms with Crippen LogP contribution in [0.25, 0.3) is 0 Å². The van der Waals surface area contributed by atoms with Crippen molar-refractivity contribution in [2.24, 2.45) is 16.6 Å². The van der Waals surface area contributed by atoms with E-state index in [-0.39, 0.29) is 23.8 Å². The van der Waals surface area contributed by atoms with Gasteiger partial charge in [-0.25, -0.2) is 4.39 Å². The molecule has 2 aliphatic heterocycles. The molecular weight excluding hydrogens is 509 g/mol. The molecule has 10 heteroatoms. The van der Waals surface area contributed by atoms with Crippen LogP contribution in [-0.2, 0) is 4.79 Å². The fraction of sp³-hybridized carbons (Fsp3) is 0.633. The van der Waals surface area contributed by atoms with Crippen LogP contribution in [0, 0.1) is 5.92 Å². The standard InChI is InChI=1S/C30H48FN7O2/c1-6-20(3)35-28(32)27(21(4)34-18-24(31)7-2)29(39)36-26-19-33-13-12-25(26)22-8-10-23(11-9-22)30(40)38-16-14-37(5)15-17-38/h8-11,18,21,24-28,33,35H,3,6-7,12-17,19,32H2,1-2,4-5H3,(H,36,39)/b34-18-. The Hall–Kier alpha value is -2.82. The van der Waals surface area contributed by atoms with Gasteiger partial charge in [0.1, 0.15) is 6.17 Å². The van der Waals surface area contributed by atoms with Crippen molar-refractivity contribution in [3.63, 3.8) is 0 Å². The molecule has 1 aromatic carbocycles. The Kier molecular flexibility index (Phi) is 12.1. The number of piperazine rings is 1. The maximum atomic E-state index is 13.9. The summed E-state index contributed by atoms with van der Waals surface area (Å²) in [6.07, 6.45) is 1.20. The molecule has 5 N–H and O–H groups in total. The molecule has 9 nitrogen and oxygen atoms in total. The molecule has 222 valence electrons. The van der Waals surface area contributed by atoms with Gasteiger partial charge >= 0.3 is 0 Å². The Morgan fingerprint density at radius 3 is 2.52 bits per heavy atom. The summed E-state index contributed by atoms with van der Waals surface area (Å²) in [6.45, 7) is 14.1. The number of nitrogens with one attached hydrogen (secondary N) is 3. The smallest absolute Gasteiger partial charge is 0.253 e. The van der Waals surface area contributed by atoms with Gasteiger partial charge in [0.25, 0.3) is 5.91 Å². The van der Waals surface area contributed by atoms with Crippen LogP contribution in [0.1, 0.15) is 61.9 Å². The number of benzene rings is 1. The summed E-state index contributed by atoms with van der Waals surface area (Å²) in [4.78, 5) is 35.2. The third-order valence-corrected chi connectivity index (χ3v) is 8.07. The van der Waals surface area contributed by atoms with Gasteiger partial charge in [-0.2, -0.15) is 0 Å². The first-order valence-corrected chi connectivity index (χ1v) is 14.6. The zero-order chi connectivity index (χ0) is 29.2. The Balaban J connectivity index is 1.74. The normalized spacial score (nSPS) is 23.3. The molecule has 0 radical (unpaired) electrons. The number of aliphatic imine (C=N–C) groups is 1. The molecule has 1 aromatic rings. The molecule has 0 spiro atoms. The van der Waals surface area contributed by atoms with Crippen molar-refractivity contribution >= 4 is 18.0 Å². The summed E-state index contributed by atoms with van der Waals surface area (Å²) in [6, 6.07) is 7.10. The Labute approximate surface area is 238 Å². The lowest BCUT2D eigenvalue weighted by atomic mass is 9.85. The number of nitrogens with zero attached hydrogens (tertiary/aromatic N) is 3. The van der Waals surface area contributed by atoms with Crippen molar-refractivity contribution in [1.29, 1.82) is 0 Å². The van der Waals surface area contributed by atoms with Gasteiger partial charge in [0.15, 0.2) is 0 Å². The summed E-state index contributed by atoms with van der Waals surface area (Å²) in [5.41, 5.74) is 8.93. The molecule has 2 amide bonds. The first-order chi connectivity index (χ1) is 19.1. The van der Waals surface area contributed by atoms with E-state index in [0.717, 1.165) is 50.4 Å². The summed E-state index contributed by atoms with van der Waals surface area (Å²) in [5, 5.41) is 9.72. The number of piperidine rings is 1. The van der Waals surface area contributed by atoms with E-state index in [0.29, 0.717) is 24.9 Å². The maximum absolute atomic E-state index is 13.9. The molecule has 3 rings (SSSR count). The minimum absolute atomic E-state index is 0.0564. The molecule has 0 aliphatic carbocycles. The van der Waals surface area contributed by atoms with Gasteiger partial charge in [-0.15, -0.1) is 0 Å². The highest BCUT2D eigenvalue weighted by Gasteiger charge is 2.35. The Morgan fingerprint density at radius 1 is 1.23 bits per heavy atom. The van der Waals surface area contributed by atoms with Gasteiger partial charge in [-0.3, -0.25) is 14.6 Å². The van der Waals surface area contributed by atoms with E-state index >= 15 is 0 Å². The molecule has 6 atom stereocenters. The zero-order valence-electron chi connectivity index (χ0n) is 24.5. The van der Waals surface area contributed by atoms with Crippen LogP contribution in [0.15, 0.2) is 41.5 Å². The summed E-state index contributed by atoms with van der Waals surface area (Å²) in [7, 11) is 2.07. The van der Waals surface area contributed by atoms with Crippen LogP contribution >= 0.6 is 0 Å². The second-order valence-electron chi connectivity index (χ2n) is 11.0. The lowest BCUT2D eigenvalue weighted by Gasteiger charge is -2.36. The average Bonchev–Trinajstić information content (AvgIpc) is 2.96. The number of carbonyl (C=O) groups excluding carboxylic acids is 2.